The second kappa shape index (κ2) is 15.5. The average molecular weight is 692 g/mol. The Morgan fingerprint density at radius 2 is 1.76 bits per heavy atom. The van der Waals surface area contributed by atoms with Gasteiger partial charge in [-0.3, -0.25) is 39.0 Å². The van der Waals surface area contributed by atoms with Crippen LogP contribution in [0.25, 0.3) is 28.2 Å². The minimum Gasteiger partial charge on any atom is -0.497 e. The number of nitrogens with zero attached hydrogens (tertiary/aromatic N) is 2. The van der Waals surface area contributed by atoms with E-state index in [1.165, 1.54) is 12.1 Å². The van der Waals surface area contributed by atoms with Gasteiger partial charge in [-0.15, -0.1) is 0 Å². The lowest BCUT2D eigenvalue weighted by molar-refractivity contribution is -0.136. The molecule has 6 amide bonds. The van der Waals surface area contributed by atoms with Gasteiger partial charge in [-0.1, -0.05) is 18.2 Å². The van der Waals surface area contributed by atoms with Gasteiger partial charge in [-0.25, -0.2) is 4.98 Å². The van der Waals surface area contributed by atoms with Crippen molar-refractivity contribution in [2.75, 3.05) is 32.1 Å². The number of amides is 6. The Morgan fingerprint density at radius 3 is 2.53 bits per heavy atom. The molecule has 5 N–H and O–H groups in total. The molecule has 4 aromatic rings. The number of methoxy groups -OCH3 is 1. The van der Waals surface area contributed by atoms with E-state index in [1.807, 2.05) is 36.5 Å². The van der Waals surface area contributed by atoms with Crippen molar-refractivity contribution in [3.05, 3.63) is 83.7 Å². The van der Waals surface area contributed by atoms with Crippen molar-refractivity contribution in [1.29, 1.82) is 0 Å². The number of anilines is 1. The summed E-state index contributed by atoms with van der Waals surface area (Å²) in [5.41, 5.74) is 4.10. The summed E-state index contributed by atoms with van der Waals surface area (Å²) >= 11 is 0. The van der Waals surface area contributed by atoms with E-state index in [2.05, 4.69) is 31.2 Å². The number of aromatic amines is 1. The van der Waals surface area contributed by atoms with E-state index in [1.54, 1.807) is 31.5 Å². The number of pyridine rings is 1. The third-order valence-electron chi connectivity index (χ3n) is 8.76. The summed E-state index contributed by atoms with van der Waals surface area (Å²) < 4.78 is 5.25. The number of H-pyrrole nitrogens is 1. The highest BCUT2D eigenvalue weighted by atomic mass is 16.5. The smallest absolute Gasteiger partial charge is 0.264 e. The molecule has 14 heteroatoms. The second-order valence-electron chi connectivity index (χ2n) is 12.2. The van der Waals surface area contributed by atoms with Crippen molar-refractivity contribution >= 4 is 58.2 Å². The lowest BCUT2D eigenvalue weighted by Crippen LogP contribution is -2.54. The van der Waals surface area contributed by atoms with E-state index in [-0.39, 0.29) is 42.3 Å². The molecule has 51 heavy (non-hydrogen) atoms. The number of aromatic nitrogens is 2. The van der Waals surface area contributed by atoms with Gasteiger partial charge in [0.15, 0.2) is 0 Å². The fourth-order valence-corrected chi connectivity index (χ4v) is 6.12. The molecule has 14 nitrogen and oxygen atoms in total. The maximum Gasteiger partial charge on any atom is 0.264 e. The molecule has 0 radical (unpaired) electrons. The van der Waals surface area contributed by atoms with Gasteiger partial charge in [0.25, 0.3) is 11.8 Å². The number of unbranched alkanes of at least 4 members (excludes halogenated alkanes) is 2. The van der Waals surface area contributed by atoms with Crippen LogP contribution in [0.3, 0.4) is 0 Å². The van der Waals surface area contributed by atoms with Crippen LogP contribution < -0.4 is 26.0 Å². The molecule has 2 aromatic carbocycles. The highest BCUT2D eigenvalue weighted by molar-refractivity contribution is 6.25. The predicted molar refractivity (Wildman–Crippen MR) is 189 cm³/mol. The predicted octanol–water partition coefficient (Wildman–Crippen LogP) is 3.17. The fourth-order valence-electron chi connectivity index (χ4n) is 6.12. The molecule has 0 spiro atoms. The third kappa shape index (κ3) is 7.80. The van der Waals surface area contributed by atoms with Gasteiger partial charge < -0.3 is 25.7 Å². The van der Waals surface area contributed by atoms with E-state index in [4.69, 9.17) is 4.74 Å². The van der Waals surface area contributed by atoms with Gasteiger partial charge in [-0.05, 0) is 73.2 Å². The monoisotopic (exact) mass is 691 g/mol. The molecule has 0 saturated carbocycles. The highest BCUT2D eigenvalue weighted by Crippen LogP contribution is 2.33. The molecular weight excluding hydrogens is 654 g/mol. The maximum atomic E-state index is 13.2. The highest BCUT2D eigenvalue weighted by Gasteiger charge is 2.45. The Morgan fingerprint density at radius 1 is 0.980 bits per heavy atom. The van der Waals surface area contributed by atoms with Gasteiger partial charge >= 0.3 is 0 Å². The number of hydrogen-bond donors (Lipinski definition) is 5. The molecule has 1 unspecified atom stereocenters. The van der Waals surface area contributed by atoms with Crippen molar-refractivity contribution in [1.82, 2.24) is 30.8 Å². The minimum atomic E-state index is -1.07. The summed E-state index contributed by atoms with van der Waals surface area (Å²) in [6, 6.07) is 13.4. The number of rotatable bonds is 14. The van der Waals surface area contributed by atoms with Crippen LogP contribution in [0, 0.1) is 0 Å². The Bertz CT molecular complexity index is 2040. The summed E-state index contributed by atoms with van der Waals surface area (Å²) in [6.45, 7) is 0.778. The van der Waals surface area contributed by atoms with Gasteiger partial charge in [0, 0.05) is 54.6 Å². The second-order valence-corrected chi connectivity index (χ2v) is 12.2. The molecular formula is C37H37N7O7. The molecule has 1 fully saturated rings. The van der Waals surface area contributed by atoms with E-state index in [0.29, 0.717) is 25.2 Å². The minimum absolute atomic E-state index is 0.0279. The summed E-state index contributed by atoms with van der Waals surface area (Å²) in [4.78, 5) is 83.5. The van der Waals surface area contributed by atoms with Crippen molar-refractivity contribution in [3.63, 3.8) is 0 Å². The molecule has 262 valence electrons. The van der Waals surface area contributed by atoms with Crippen LogP contribution in [-0.2, 0) is 19.2 Å². The molecule has 1 atom stereocenters. The average Bonchev–Trinajstić information content (AvgIpc) is 3.67. The van der Waals surface area contributed by atoms with Crippen LogP contribution in [0.5, 0.6) is 5.75 Å². The van der Waals surface area contributed by atoms with Gasteiger partial charge in [-0.2, -0.15) is 0 Å². The first-order valence-electron chi connectivity index (χ1n) is 16.7. The van der Waals surface area contributed by atoms with Gasteiger partial charge in [0.2, 0.25) is 23.6 Å². The number of carbonyl (C=O) groups is 6. The summed E-state index contributed by atoms with van der Waals surface area (Å²) in [7, 11) is 1.63. The molecule has 2 aromatic heterocycles. The SMILES string of the molecule is COc1ccc(-c2c[nH]c3ncc(/C=C/C(=O)NCCCCCNC(=O)CNc4cccc5c4C(=O)N(C4CCC(=O)NC4=O)C5=O)cc23)cc1. The number of hydrogen-bond acceptors (Lipinski definition) is 9. The largest absolute Gasteiger partial charge is 0.497 e. The van der Waals surface area contributed by atoms with Gasteiger partial charge in [0.1, 0.15) is 17.4 Å². The van der Waals surface area contributed by atoms with Crippen LogP contribution in [0.4, 0.5) is 5.69 Å². The van der Waals surface area contributed by atoms with E-state index < -0.39 is 29.7 Å². The third-order valence-corrected chi connectivity index (χ3v) is 8.76. The normalized spacial score (nSPS) is 15.6. The number of piperidine rings is 1. The van der Waals surface area contributed by atoms with Crippen LogP contribution in [0.15, 0.2) is 67.0 Å². The molecule has 6 rings (SSSR count). The number of fused-ring (bicyclic) bond motifs is 2. The first-order valence-corrected chi connectivity index (χ1v) is 16.7. The van der Waals surface area contributed by atoms with Crippen molar-refractivity contribution in [2.24, 2.45) is 0 Å². The zero-order chi connectivity index (χ0) is 35.9. The van der Waals surface area contributed by atoms with Crippen molar-refractivity contribution < 1.29 is 33.5 Å². The molecule has 4 heterocycles. The topological polar surface area (TPSA) is 192 Å². The molecule has 2 aliphatic rings. The van der Waals surface area contributed by atoms with Crippen molar-refractivity contribution in [3.8, 4) is 16.9 Å². The lowest BCUT2D eigenvalue weighted by Gasteiger charge is -2.27. The Hall–Kier alpha value is -6.31. The van der Waals surface area contributed by atoms with E-state index in [0.717, 1.165) is 51.2 Å². The van der Waals surface area contributed by atoms with Crippen molar-refractivity contribution in [2.45, 2.75) is 38.1 Å². The Labute approximate surface area is 293 Å². The summed E-state index contributed by atoms with van der Waals surface area (Å²) in [5.74, 6) is -2.13. The number of benzene rings is 2. The lowest BCUT2D eigenvalue weighted by atomic mass is 10.0. The molecule has 0 bridgehead atoms. The quantitative estimate of drug-likeness (QED) is 0.0751. The summed E-state index contributed by atoms with van der Waals surface area (Å²) in [6.07, 6.45) is 9.11. The Kier molecular flexibility index (Phi) is 10.5. The molecule has 2 aliphatic heterocycles. The van der Waals surface area contributed by atoms with Crippen LogP contribution in [0.1, 0.15) is 58.4 Å². The van der Waals surface area contributed by atoms with Gasteiger partial charge in [0.05, 0.1) is 24.8 Å². The zero-order valence-electron chi connectivity index (χ0n) is 27.9. The van der Waals surface area contributed by atoms with E-state index in [9.17, 15) is 28.8 Å². The maximum absolute atomic E-state index is 13.2. The Balaban J connectivity index is 0.895. The first-order chi connectivity index (χ1) is 24.7. The van der Waals surface area contributed by atoms with E-state index >= 15 is 0 Å². The molecule has 1 saturated heterocycles. The first kappa shape index (κ1) is 34.5. The zero-order valence-corrected chi connectivity index (χ0v) is 27.9. The number of nitrogens with one attached hydrogen (secondary N) is 5. The van der Waals surface area contributed by atoms with Crippen LogP contribution >= 0.6 is 0 Å². The number of ether oxygens (including phenoxy) is 1. The summed E-state index contributed by atoms with van der Waals surface area (Å²) in [5, 5.41) is 11.7. The fraction of sp³-hybridized carbons (Fsp3) is 0.270. The van der Waals surface area contributed by atoms with Crippen LogP contribution in [-0.4, -0.2) is 83.1 Å². The molecule has 0 aliphatic carbocycles. The standard InChI is InChI=1S/C37H37N7O7/c1-51-24-11-9-23(10-12-24)27-20-42-34-26(27)18-22(19-41-34)8-14-30(45)38-16-3-2-4-17-39-32(47)21-40-28-7-5-6-25-33(28)37(50)44(36(25)49)29-13-15-31(46)43-35(29)48/h5-12,14,18-20,29,40H,2-4,13,15-17,21H2,1H3,(H,38,45)(H,39,47)(H,41,42)(H,43,46,48)/b14-8+. The number of carbonyl (C=O) groups excluding carboxylic acids is 6. The van der Waals surface area contributed by atoms with Crippen LogP contribution in [0.2, 0.25) is 0 Å². The number of imide groups is 2.